The quantitative estimate of drug-likeness (QED) is 0.527. The first-order valence-electron chi connectivity index (χ1n) is 5.79. The second-order valence-corrected chi connectivity index (χ2v) is 7.76. The molecule has 0 radical (unpaired) electrons. The lowest BCUT2D eigenvalue weighted by Gasteiger charge is -2.16. The van der Waals surface area contributed by atoms with E-state index >= 15 is 0 Å². The average molecular weight is 344 g/mol. The molecule has 0 unspecified atom stereocenters. The van der Waals surface area contributed by atoms with E-state index in [9.17, 15) is 8.42 Å². The second-order valence-electron chi connectivity index (χ2n) is 4.21. The number of aromatic nitrogens is 3. The second kappa shape index (κ2) is 5.35. The van der Waals surface area contributed by atoms with Gasteiger partial charge < -0.3 is 5.43 Å². The number of nitrogens with one attached hydrogen (secondary N) is 1. The van der Waals surface area contributed by atoms with Gasteiger partial charge in [0.2, 0.25) is 5.03 Å². The minimum Gasteiger partial charge on any atom is -0.306 e. The number of nitrogens with two attached hydrogens (primary N) is 1. The smallest absolute Gasteiger partial charge is 0.263 e. The number of hydrazine groups is 1. The van der Waals surface area contributed by atoms with Gasteiger partial charge in [0.25, 0.3) is 10.0 Å². The van der Waals surface area contributed by atoms with Crippen LogP contribution in [0.15, 0.2) is 27.5 Å². The third-order valence-electron chi connectivity index (χ3n) is 2.88. The van der Waals surface area contributed by atoms with Gasteiger partial charge in [-0.2, -0.15) is 9.29 Å². The first-order chi connectivity index (χ1) is 10.0. The summed E-state index contributed by atoms with van der Waals surface area (Å²) < 4.78 is 28.3. The zero-order valence-corrected chi connectivity index (χ0v) is 13.4. The summed E-state index contributed by atoms with van der Waals surface area (Å²) in [6.45, 7) is 0.188. The van der Waals surface area contributed by atoms with Crippen molar-refractivity contribution in [3.8, 4) is 0 Å². The predicted molar refractivity (Wildman–Crippen MR) is 81.6 cm³/mol. The van der Waals surface area contributed by atoms with Gasteiger partial charge in [0.15, 0.2) is 10.8 Å². The van der Waals surface area contributed by atoms with E-state index in [1.807, 2.05) is 5.38 Å². The molecule has 0 aliphatic carbocycles. The van der Waals surface area contributed by atoms with Crippen molar-refractivity contribution in [1.82, 2.24) is 18.7 Å². The van der Waals surface area contributed by atoms with Crippen molar-refractivity contribution in [1.29, 1.82) is 0 Å². The number of sulfonamides is 1. The van der Waals surface area contributed by atoms with E-state index in [0.29, 0.717) is 10.7 Å². The molecular weight excluding hydrogens is 332 g/mol. The number of fused-ring (bicyclic) bond motifs is 1. The number of hydrogen-bond donors (Lipinski definition) is 2. The fourth-order valence-electron chi connectivity index (χ4n) is 1.88. The Balaban J connectivity index is 2.05. The molecule has 3 aromatic heterocycles. The van der Waals surface area contributed by atoms with Crippen molar-refractivity contribution >= 4 is 43.5 Å². The Morgan fingerprint density at radius 1 is 1.52 bits per heavy atom. The summed E-state index contributed by atoms with van der Waals surface area (Å²) in [5.41, 5.74) is 4.71. The number of imidazole rings is 1. The molecular formula is C10H12N6O2S3. The highest BCUT2D eigenvalue weighted by Crippen LogP contribution is 2.27. The molecule has 0 aliphatic rings. The summed E-state index contributed by atoms with van der Waals surface area (Å²) in [6, 6.07) is 0. The van der Waals surface area contributed by atoms with Crippen LogP contribution in [0.4, 0.5) is 5.82 Å². The van der Waals surface area contributed by atoms with Crippen LogP contribution in [0.1, 0.15) is 5.69 Å². The van der Waals surface area contributed by atoms with E-state index in [1.165, 1.54) is 38.4 Å². The van der Waals surface area contributed by atoms with Crippen LogP contribution in [-0.4, -0.2) is 34.1 Å². The van der Waals surface area contributed by atoms with Crippen molar-refractivity contribution in [2.24, 2.45) is 5.84 Å². The Hall–Kier alpha value is -1.53. The SMILES string of the molecule is CN(Cc1cscn1)S(=O)(=O)c1c(NN)nc2sccn12. The van der Waals surface area contributed by atoms with Crippen LogP contribution in [-0.2, 0) is 16.6 Å². The molecule has 21 heavy (non-hydrogen) atoms. The highest BCUT2D eigenvalue weighted by Gasteiger charge is 2.30. The number of anilines is 1. The van der Waals surface area contributed by atoms with Gasteiger partial charge >= 0.3 is 0 Å². The van der Waals surface area contributed by atoms with Gasteiger partial charge in [-0.25, -0.2) is 19.2 Å². The van der Waals surface area contributed by atoms with Crippen LogP contribution < -0.4 is 11.3 Å². The molecule has 0 fully saturated rings. The van der Waals surface area contributed by atoms with Gasteiger partial charge in [-0.1, -0.05) is 0 Å². The molecule has 0 bridgehead atoms. The predicted octanol–water partition coefficient (Wildman–Crippen LogP) is 0.959. The lowest BCUT2D eigenvalue weighted by molar-refractivity contribution is 0.460. The monoisotopic (exact) mass is 344 g/mol. The van der Waals surface area contributed by atoms with E-state index in [1.54, 1.807) is 17.1 Å². The number of nitrogen functional groups attached to an aromatic ring is 1. The Labute approximate surface area is 128 Å². The molecule has 0 aliphatic heterocycles. The fourth-order valence-corrected chi connectivity index (χ4v) is 4.55. The van der Waals surface area contributed by atoms with Gasteiger partial charge in [0.05, 0.1) is 17.7 Å². The van der Waals surface area contributed by atoms with Crippen LogP contribution >= 0.6 is 22.7 Å². The summed E-state index contributed by atoms with van der Waals surface area (Å²) in [5.74, 6) is 5.52. The Morgan fingerprint density at radius 3 is 3.00 bits per heavy atom. The van der Waals surface area contributed by atoms with Crippen molar-refractivity contribution < 1.29 is 8.42 Å². The first-order valence-corrected chi connectivity index (χ1v) is 9.06. The largest absolute Gasteiger partial charge is 0.306 e. The van der Waals surface area contributed by atoms with Gasteiger partial charge in [0.1, 0.15) is 0 Å². The summed E-state index contributed by atoms with van der Waals surface area (Å²) in [5, 5.41) is 3.60. The number of thiazole rings is 2. The van der Waals surface area contributed by atoms with Crippen LogP contribution in [0, 0.1) is 0 Å². The first kappa shape index (κ1) is 14.4. The Morgan fingerprint density at radius 2 is 2.33 bits per heavy atom. The summed E-state index contributed by atoms with van der Waals surface area (Å²) >= 11 is 2.75. The maximum atomic E-state index is 12.8. The number of hydrogen-bond acceptors (Lipinski definition) is 8. The molecule has 3 N–H and O–H groups in total. The third kappa shape index (κ3) is 2.42. The maximum Gasteiger partial charge on any atom is 0.263 e. The topological polar surface area (TPSA) is 106 Å². The standard InChI is InChI=1S/C10H12N6O2S3/c1-15(4-7-5-19-6-12-7)21(17,18)9-8(14-11)13-10-16(9)2-3-20-10/h2-3,5-6,14H,4,11H2,1H3. The number of rotatable bonds is 5. The van der Waals surface area contributed by atoms with Crippen molar-refractivity contribution in [2.75, 3.05) is 12.5 Å². The molecule has 0 aromatic carbocycles. The van der Waals surface area contributed by atoms with E-state index in [2.05, 4.69) is 15.4 Å². The molecule has 112 valence electrons. The molecule has 0 saturated heterocycles. The minimum atomic E-state index is -3.75. The van der Waals surface area contributed by atoms with E-state index in [0.717, 1.165) is 0 Å². The molecule has 11 heteroatoms. The lowest BCUT2D eigenvalue weighted by atomic mass is 10.5. The average Bonchev–Trinajstić information content (AvgIpc) is 3.13. The number of nitrogens with zero attached hydrogens (tertiary/aromatic N) is 4. The summed E-state index contributed by atoms with van der Waals surface area (Å²) in [4.78, 5) is 8.82. The van der Waals surface area contributed by atoms with Crippen LogP contribution in [0.5, 0.6) is 0 Å². The molecule has 3 aromatic rings. The Bertz CT molecular complexity index is 851. The van der Waals surface area contributed by atoms with Gasteiger partial charge in [-0.3, -0.25) is 4.40 Å². The van der Waals surface area contributed by atoms with Crippen molar-refractivity contribution in [3.05, 3.63) is 28.2 Å². The molecule has 3 heterocycles. The molecule has 0 spiro atoms. The summed E-state index contributed by atoms with van der Waals surface area (Å²) in [7, 11) is -2.25. The maximum absolute atomic E-state index is 12.8. The van der Waals surface area contributed by atoms with Crippen LogP contribution in [0.2, 0.25) is 0 Å². The third-order valence-corrected chi connectivity index (χ3v) is 6.10. The Kier molecular flexibility index (Phi) is 3.67. The van der Waals surface area contributed by atoms with Gasteiger partial charge in [-0.05, 0) is 0 Å². The minimum absolute atomic E-state index is 0.0268. The van der Waals surface area contributed by atoms with Crippen LogP contribution in [0.25, 0.3) is 4.96 Å². The van der Waals surface area contributed by atoms with Gasteiger partial charge in [0, 0.05) is 24.0 Å². The van der Waals surface area contributed by atoms with Crippen molar-refractivity contribution in [2.45, 2.75) is 11.6 Å². The van der Waals surface area contributed by atoms with E-state index in [-0.39, 0.29) is 17.4 Å². The van der Waals surface area contributed by atoms with Crippen molar-refractivity contribution in [3.63, 3.8) is 0 Å². The molecule has 0 atom stereocenters. The zero-order valence-electron chi connectivity index (χ0n) is 10.9. The van der Waals surface area contributed by atoms with Crippen LogP contribution in [0.3, 0.4) is 0 Å². The normalized spacial score (nSPS) is 12.3. The summed E-state index contributed by atoms with van der Waals surface area (Å²) in [6.07, 6.45) is 1.65. The highest BCUT2D eigenvalue weighted by molar-refractivity contribution is 7.89. The van der Waals surface area contributed by atoms with E-state index < -0.39 is 10.0 Å². The van der Waals surface area contributed by atoms with Gasteiger partial charge in [-0.15, -0.1) is 22.7 Å². The molecule has 0 saturated carbocycles. The zero-order chi connectivity index (χ0) is 15.0. The lowest BCUT2D eigenvalue weighted by Crippen LogP contribution is -2.28. The molecule has 3 rings (SSSR count). The highest BCUT2D eigenvalue weighted by atomic mass is 32.2. The van der Waals surface area contributed by atoms with E-state index in [4.69, 9.17) is 5.84 Å². The fraction of sp³-hybridized carbons (Fsp3) is 0.200. The molecule has 0 amide bonds. The molecule has 8 nitrogen and oxygen atoms in total.